The van der Waals surface area contributed by atoms with E-state index in [1.54, 1.807) is 5.57 Å². The first kappa shape index (κ1) is 27.1. The molecule has 9 atom stereocenters. The highest BCUT2D eigenvalue weighted by Gasteiger charge is 2.69. The van der Waals surface area contributed by atoms with Gasteiger partial charge in [-0.1, -0.05) is 60.1 Å². The van der Waals surface area contributed by atoms with Gasteiger partial charge in [-0.15, -0.1) is 0 Å². The van der Waals surface area contributed by atoms with Crippen LogP contribution in [0.4, 0.5) is 0 Å². The largest absolute Gasteiger partial charge is 0.481 e. The number of carbonyl (C=O) groups is 1. The van der Waals surface area contributed by atoms with Crippen molar-refractivity contribution >= 4 is 5.97 Å². The molecule has 3 heteroatoms. The van der Waals surface area contributed by atoms with Crippen molar-refractivity contribution in [3.8, 4) is 0 Å². The summed E-state index contributed by atoms with van der Waals surface area (Å²) < 4.78 is 0. The van der Waals surface area contributed by atoms with E-state index in [0.29, 0.717) is 34.1 Å². The van der Waals surface area contributed by atoms with Crippen molar-refractivity contribution in [3.05, 3.63) is 23.3 Å². The van der Waals surface area contributed by atoms with Gasteiger partial charge in [0.05, 0.1) is 5.92 Å². The molecule has 0 bridgehead atoms. The van der Waals surface area contributed by atoms with Crippen molar-refractivity contribution in [1.29, 1.82) is 0 Å². The third-order valence-electron chi connectivity index (χ3n) is 14.6. The van der Waals surface area contributed by atoms with Crippen LogP contribution < -0.4 is 5.32 Å². The van der Waals surface area contributed by atoms with Crippen molar-refractivity contribution in [2.24, 2.45) is 51.2 Å². The SMILES string of the molecule is CCNC12CCCC1[C@H]1CCC3C4(C)CC=C(C5=CCC(C(=O)O)CC5)C(C)(C)C4CCC3(C)[C@]1(C)CC2. The van der Waals surface area contributed by atoms with E-state index < -0.39 is 5.97 Å². The Morgan fingerprint density at radius 3 is 2.37 bits per heavy atom. The van der Waals surface area contributed by atoms with Crippen LogP contribution in [0.15, 0.2) is 23.3 Å². The molecule has 0 aromatic rings. The quantitative estimate of drug-likeness (QED) is 0.390. The number of rotatable bonds is 4. The predicted octanol–water partition coefficient (Wildman–Crippen LogP) is 8.55. The van der Waals surface area contributed by atoms with Gasteiger partial charge in [0.15, 0.2) is 0 Å². The van der Waals surface area contributed by atoms with Crippen LogP contribution in [-0.2, 0) is 4.79 Å². The summed E-state index contributed by atoms with van der Waals surface area (Å²) in [6.45, 7) is 16.7. The number of hydrogen-bond donors (Lipinski definition) is 2. The molecule has 0 radical (unpaired) electrons. The molecule has 6 aliphatic carbocycles. The number of carboxylic acids is 1. The molecular formula is C35H55NO2. The van der Waals surface area contributed by atoms with Crippen LogP contribution in [0.5, 0.6) is 0 Å². The van der Waals surface area contributed by atoms with Crippen LogP contribution >= 0.6 is 0 Å². The minimum atomic E-state index is -0.622. The van der Waals surface area contributed by atoms with E-state index in [1.165, 1.54) is 69.8 Å². The Hall–Kier alpha value is -1.09. The molecule has 7 unspecified atom stereocenters. The maximum absolute atomic E-state index is 11.5. The molecule has 4 fully saturated rings. The van der Waals surface area contributed by atoms with Crippen molar-refractivity contribution in [3.63, 3.8) is 0 Å². The second-order valence-corrected chi connectivity index (χ2v) is 15.9. The van der Waals surface area contributed by atoms with Gasteiger partial charge in [0.2, 0.25) is 0 Å². The second-order valence-electron chi connectivity index (χ2n) is 15.9. The van der Waals surface area contributed by atoms with Gasteiger partial charge in [0.1, 0.15) is 0 Å². The fourth-order valence-electron chi connectivity index (χ4n) is 12.7. The molecule has 6 rings (SSSR count). The van der Waals surface area contributed by atoms with Gasteiger partial charge in [-0.3, -0.25) is 4.79 Å². The van der Waals surface area contributed by atoms with Gasteiger partial charge in [-0.2, -0.15) is 0 Å². The smallest absolute Gasteiger partial charge is 0.306 e. The lowest BCUT2D eigenvalue weighted by Crippen LogP contribution is -2.67. The third kappa shape index (κ3) is 3.51. The molecule has 0 aliphatic heterocycles. The maximum atomic E-state index is 11.5. The molecule has 0 heterocycles. The van der Waals surface area contributed by atoms with E-state index in [1.807, 2.05) is 0 Å². The highest BCUT2D eigenvalue weighted by Crippen LogP contribution is 2.76. The van der Waals surface area contributed by atoms with Gasteiger partial charge in [0, 0.05) is 5.54 Å². The monoisotopic (exact) mass is 521 g/mol. The summed E-state index contributed by atoms with van der Waals surface area (Å²) in [6.07, 6.45) is 21.3. The minimum absolute atomic E-state index is 0.159. The predicted molar refractivity (Wildman–Crippen MR) is 156 cm³/mol. The molecule has 3 nitrogen and oxygen atoms in total. The molecular weight excluding hydrogens is 466 g/mol. The summed E-state index contributed by atoms with van der Waals surface area (Å²) >= 11 is 0. The molecule has 0 saturated heterocycles. The Labute approximate surface area is 232 Å². The first-order chi connectivity index (χ1) is 17.9. The number of allylic oxidation sites excluding steroid dienone is 4. The lowest BCUT2D eigenvalue weighted by Gasteiger charge is -2.72. The average Bonchev–Trinajstić information content (AvgIpc) is 3.28. The number of hydrogen-bond acceptors (Lipinski definition) is 2. The molecule has 6 aliphatic rings. The molecule has 0 spiro atoms. The number of aliphatic carboxylic acids is 1. The normalized spacial score (nSPS) is 49.6. The van der Waals surface area contributed by atoms with Crippen molar-refractivity contribution in [2.75, 3.05) is 6.54 Å². The Balaban J connectivity index is 1.31. The van der Waals surface area contributed by atoms with Crippen LogP contribution in [0.3, 0.4) is 0 Å². The first-order valence-electron chi connectivity index (χ1n) is 16.3. The Kier molecular flexibility index (Phi) is 6.39. The van der Waals surface area contributed by atoms with Crippen molar-refractivity contribution < 1.29 is 9.90 Å². The lowest BCUT2D eigenvalue weighted by molar-refractivity contribution is -0.218. The molecule has 0 aromatic heterocycles. The van der Waals surface area contributed by atoms with Gasteiger partial charge in [0.25, 0.3) is 0 Å². The second kappa shape index (κ2) is 8.95. The number of fused-ring (bicyclic) bond motifs is 7. The van der Waals surface area contributed by atoms with Gasteiger partial charge >= 0.3 is 5.97 Å². The highest BCUT2D eigenvalue weighted by atomic mass is 16.4. The Morgan fingerprint density at radius 2 is 1.68 bits per heavy atom. The van der Waals surface area contributed by atoms with Gasteiger partial charge in [-0.25, -0.2) is 0 Å². The summed E-state index contributed by atoms with van der Waals surface area (Å²) in [4.78, 5) is 11.5. The van der Waals surface area contributed by atoms with E-state index in [-0.39, 0.29) is 11.3 Å². The molecule has 0 aromatic carbocycles. The standard InChI is InChI=1S/C35H55NO2/c1-7-36-35-18-8-9-27(35)26-14-15-29-32(4)19-16-25(23-10-12-24(13-11-23)30(37)38)31(2,3)28(32)17-20-34(29,6)33(26,5)21-22-35/h10,16,24,26-29,36H,7-9,11-15,17-22H2,1-6H3,(H,37,38)/t24?,26-,27?,28?,29?,32?,33-,34?,35?/m1/s1. The zero-order valence-electron chi connectivity index (χ0n) is 25.3. The van der Waals surface area contributed by atoms with Crippen LogP contribution in [-0.4, -0.2) is 23.2 Å². The highest BCUT2D eigenvalue weighted by molar-refractivity contribution is 5.70. The van der Waals surface area contributed by atoms with Crippen LogP contribution in [0.1, 0.15) is 125 Å². The van der Waals surface area contributed by atoms with Crippen LogP contribution in [0.25, 0.3) is 0 Å². The summed E-state index contributed by atoms with van der Waals surface area (Å²) in [5.41, 5.74) is 4.87. The summed E-state index contributed by atoms with van der Waals surface area (Å²) in [7, 11) is 0. The van der Waals surface area contributed by atoms with E-state index in [0.717, 1.165) is 37.1 Å². The zero-order valence-corrected chi connectivity index (χ0v) is 25.3. The Morgan fingerprint density at radius 1 is 0.895 bits per heavy atom. The van der Waals surface area contributed by atoms with Gasteiger partial charge in [-0.05, 0) is 140 Å². The fraction of sp³-hybridized carbons (Fsp3) is 0.857. The van der Waals surface area contributed by atoms with E-state index in [9.17, 15) is 9.90 Å². The average molecular weight is 522 g/mol. The molecule has 212 valence electrons. The van der Waals surface area contributed by atoms with Crippen LogP contribution in [0, 0.1) is 51.2 Å². The number of carboxylic acid groups (broad SMARTS) is 1. The fourth-order valence-corrected chi connectivity index (χ4v) is 12.7. The zero-order chi connectivity index (χ0) is 27.1. The minimum Gasteiger partial charge on any atom is -0.481 e. The topological polar surface area (TPSA) is 49.3 Å². The number of nitrogens with one attached hydrogen (secondary N) is 1. The van der Waals surface area contributed by atoms with Crippen molar-refractivity contribution in [1.82, 2.24) is 5.32 Å². The lowest BCUT2D eigenvalue weighted by atomic mass is 9.33. The van der Waals surface area contributed by atoms with E-state index in [4.69, 9.17) is 0 Å². The van der Waals surface area contributed by atoms with E-state index in [2.05, 4.69) is 59.0 Å². The molecule has 0 amide bonds. The third-order valence-corrected chi connectivity index (χ3v) is 14.6. The van der Waals surface area contributed by atoms with E-state index >= 15 is 0 Å². The van der Waals surface area contributed by atoms with Crippen molar-refractivity contribution in [2.45, 2.75) is 131 Å². The summed E-state index contributed by atoms with van der Waals surface area (Å²) in [5, 5.41) is 13.6. The Bertz CT molecular complexity index is 1040. The summed E-state index contributed by atoms with van der Waals surface area (Å²) in [5.74, 6) is 2.47. The first-order valence-corrected chi connectivity index (χ1v) is 16.3. The maximum Gasteiger partial charge on any atom is 0.306 e. The van der Waals surface area contributed by atoms with Gasteiger partial charge < -0.3 is 10.4 Å². The summed E-state index contributed by atoms with van der Waals surface area (Å²) in [6, 6.07) is 0. The molecule has 2 N–H and O–H groups in total. The molecule has 38 heavy (non-hydrogen) atoms. The van der Waals surface area contributed by atoms with Crippen LogP contribution in [0.2, 0.25) is 0 Å². The molecule has 4 saturated carbocycles.